The minimum atomic E-state index is -3.08. The van der Waals surface area contributed by atoms with Crippen molar-refractivity contribution in [3.05, 3.63) is 29.8 Å². The molecule has 20 heavy (non-hydrogen) atoms. The summed E-state index contributed by atoms with van der Waals surface area (Å²) in [4.78, 5) is 13.9. The van der Waals surface area contributed by atoms with Gasteiger partial charge in [-0.1, -0.05) is 0 Å². The van der Waals surface area contributed by atoms with E-state index in [1.165, 1.54) is 6.26 Å². The minimum Gasteiger partial charge on any atom is -0.494 e. The first-order valence-electron chi connectivity index (χ1n) is 6.63. The Morgan fingerprint density at radius 1 is 1.35 bits per heavy atom. The fourth-order valence-corrected chi connectivity index (χ4v) is 3.29. The number of amides is 1. The van der Waals surface area contributed by atoms with E-state index in [1.54, 1.807) is 29.2 Å². The predicted molar refractivity (Wildman–Crippen MR) is 76.8 cm³/mol. The Labute approximate surface area is 119 Å². The van der Waals surface area contributed by atoms with Crippen LogP contribution in [0.1, 0.15) is 23.7 Å². The van der Waals surface area contributed by atoms with E-state index in [1.807, 2.05) is 6.92 Å². The van der Waals surface area contributed by atoms with Gasteiger partial charge in [0.15, 0.2) is 9.84 Å². The molecule has 5 nitrogen and oxygen atoms in total. The largest absolute Gasteiger partial charge is 0.494 e. The van der Waals surface area contributed by atoms with Gasteiger partial charge in [0, 0.05) is 24.9 Å². The summed E-state index contributed by atoms with van der Waals surface area (Å²) >= 11 is 0. The molecule has 6 heteroatoms. The summed E-state index contributed by atoms with van der Waals surface area (Å²) in [5.41, 5.74) is 0.558. The van der Waals surface area contributed by atoms with Gasteiger partial charge in [-0.05, 0) is 37.6 Å². The number of hydrogen-bond donors (Lipinski definition) is 0. The van der Waals surface area contributed by atoms with Crippen molar-refractivity contribution >= 4 is 15.7 Å². The Morgan fingerprint density at radius 3 is 2.50 bits per heavy atom. The maximum Gasteiger partial charge on any atom is 0.253 e. The van der Waals surface area contributed by atoms with Crippen LogP contribution in [-0.2, 0) is 9.84 Å². The normalized spacial score (nSPS) is 19.1. The minimum absolute atomic E-state index is 0.126. The quantitative estimate of drug-likeness (QED) is 0.841. The summed E-state index contributed by atoms with van der Waals surface area (Å²) in [6.45, 7) is 3.25. The Bertz CT molecular complexity index is 580. The van der Waals surface area contributed by atoms with Crippen LogP contribution in [0, 0.1) is 0 Å². The van der Waals surface area contributed by atoms with Gasteiger partial charge in [0.05, 0.1) is 11.9 Å². The number of sulfone groups is 1. The molecule has 2 rings (SSSR count). The Kier molecular flexibility index (Phi) is 4.32. The third-order valence-corrected chi connectivity index (χ3v) is 5.05. The fraction of sp³-hybridized carbons (Fsp3) is 0.500. The fourth-order valence-electron chi connectivity index (χ4n) is 2.31. The number of rotatable bonds is 4. The Balaban J connectivity index is 2.05. The number of carbonyl (C=O) groups is 1. The molecule has 1 amide bonds. The molecule has 1 aromatic carbocycles. The van der Waals surface area contributed by atoms with Gasteiger partial charge in [-0.25, -0.2) is 8.42 Å². The average molecular weight is 297 g/mol. The number of benzene rings is 1. The van der Waals surface area contributed by atoms with Crippen molar-refractivity contribution in [1.29, 1.82) is 0 Å². The number of likely N-dealkylation sites (tertiary alicyclic amines) is 1. The first-order valence-corrected chi connectivity index (χ1v) is 8.58. The molecule has 1 fully saturated rings. The molecule has 0 aliphatic carbocycles. The highest BCUT2D eigenvalue weighted by atomic mass is 32.2. The van der Waals surface area contributed by atoms with Crippen LogP contribution in [0.4, 0.5) is 0 Å². The highest BCUT2D eigenvalue weighted by molar-refractivity contribution is 7.91. The molecular formula is C14H19NO4S. The molecule has 1 aromatic rings. The van der Waals surface area contributed by atoms with Crippen molar-refractivity contribution in [3.63, 3.8) is 0 Å². The van der Waals surface area contributed by atoms with Crippen LogP contribution in [0.5, 0.6) is 5.75 Å². The summed E-state index contributed by atoms with van der Waals surface area (Å²) in [6.07, 6.45) is 1.74. The molecule has 0 bridgehead atoms. The zero-order chi connectivity index (χ0) is 14.8. The average Bonchev–Trinajstić information content (AvgIpc) is 2.89. The maximum atomic E-state index is 12.3. The van der Waals surface area contributed by atoms with Crippen molar-refractivity contribution in [3.8, 4) is 5.75 Å². The molecule has 1 aliphatic heterocycles. The van der Waals surface area contributed by atoms with Crippen molar-refractivity contribution in [1.82, 2.24) is 4.90 Å². The van der Waals surface area contributed by atoms with Crippen LogP contribution in [0.25, 0.3) is 0 Å². The summed E-state index contributed by atoms with van der Waals surface area (Å²) in [6, 6.07) is 6.92. The van der Waals surface area contributed by atoms with Crippen LogP contribution in [0.15, 0.2) is 24.3 Å². The first-order chi connectivity index (χ1) is 9.41. The molecule has 0 spiro atoms. The number of hydrogen-bond acceptors (Lipinski definition) is 4. The van der Waals surface area contributed by atoms with Gasteiger partial charge in [-0.3, -0.25) is 4.79 Å². The molecular weight excluding hydrogens is 278 g/mol. The van der Waals surface area contributed by atoms with E-state index < -0.39 is 15.1 Å². The lowest BCUT2D eigenvalue weighted by Crippen LogP contribution is -2.31. The van der Waals surface area contributed by atoms with E-state index in [0.29, 0.717) is 25.1 Å². The van der Waals surface area contributed by atoms with E-state index in [9.17, 15) is 13.2 Å². The smallest absolute Gasteiger partial charge is 0.253 e. The van der Waals surface area contributed by atoms with Crippen LogP contribution in [0.2, 0.25) is 0 Å². The Hall–Kier alpha value is -1.56. The molecule has 1 aliphatic rings. The molecule has 110 valence electrons. The van der Waals surface area contributed by atoms with E-state index in [-0.39, 0.29) is 12.5 Å². The van der Waals surface area contributed by atoms with Crippen molar-refractivity contribution in [2.45, 2.75) is 18.6 Å². The Morgan fingerprint density at radius 2 is 2.00 bits per heavy atom. The second kappa shape index (κ2) is 5.83. The van der Waals surface area contributed by atoms with Gasteiger partial charge in [0.1, 0.15) is 5.75 Å². The molecule has 0 aromatic heterocycles. The van der Waals surface area contributed by atoms with E-state index in [2.05, 4.69) is 0 Å². The maximum absolute atomic E-state index is 12.3. The van der Waals surface area contributed by atoms with Crippen molar-refractivity contribution in [2.24, 2.45) is 0 Å². The molecule has 0 unspecified atom stereocenters. The number of nitrogens with zero attached hydrogens (tertiary/aromatic N) is 1. The zero-order valence-electron chi connectivity index (χ0n) is 11.7. The lowest BCUT2D eigenvalue weighted by atomic mass is 10.2. The highest BCUT2D eigenvalue weighted by Gasteiger charge is 2.32. The van der Waals surface area contributed by atoms with E-state index in [4.69, 9.17) is 4.74 Å². The molecule has 1 heterocycles. The van der Waals surface area contributed by atoms with Gasteiger partial charge < -0.3 is 9.64 Å². The van der Waals surface area contributed by atoms with Crippen LogP contribution in [0.3, 0.4) is 0 Å². The first kappa shape index (κ1) is 14.8. The summed E-state index contributed by atoms with van der Waals surface area (Å²) in [5, 5.41) is -0.436. The van der Waals surface area contributed by atoms with Gasteiger partial charge >= 0.3 is 0 Å². The second-order valence-corrected chi connectivity index (χ2v) is 7.27. The molecule has 1 saturated heterocycles. The summed E-state index contributed by atoms with van der Waals surface area (Å²) in [7, 11) is -3.08. The molecule has 0 N–H and O–H groups in total. The van der Waals surface area contributed by atoms with Gasteiger partial charge in [0.2, 0.25) is 0 Å². The molecule has 1 atom stereocenters. The molecule has 0 radical (unpaired) electrons. The molecule has 0 saturated carbocycles. The third kappa shape index (κ3) is 3.30. The lowest BCUT2D eigenvalue weighted by molar-refractivity contribution is 0.0793. The summed E-state index contributed by atoms with van der Waals surface area (Å²) in [5.74, 6) is 0.596. The van der Waals surface area contributed by atoms with E-state index >= 15 is 0 Å². The number of carbonyl (C=O) groups excluding carboxylic acids is 1. The van der Waals surface area contributed by atoms with Crippen molar-refractivity contribution in [2.75, 3.05) is 26.0 Å². The second-order valence-electron chi connectivity index (χ2n) is 4.95. The van der Waals surface area contributed by atoms with Gasteiger partial charge in [-0.15, -0.1) is 0 Å². The van der Waals surface area contributed by atoms with Crippen LogP contribution < -0.4 is 4.74 Å². The number of ether oxygens (including phenoxy) is 1. The van der Waals surface area contributed by atoms with Gasteiger partial charge in [0.25, 0.3) is 5.91 Å². The summed E-state index contributed by atoms with van der Waals surface area (Å²) < 4.78 is 28.3. The van der Waals surface area contributed by atoms with Crippen LogP contribution >= 0.6 is 0 Å². The van der Waals surface area contributed by atoms with Crippen molar-refractivity contribution < 1.29 is 17.9 Å². The lowest BCUT2D eigenvalue weighted by Gasteiger charge is -2.16. The standard InChI is InChI=1S/C14H19NO4S/c1-3-19-12-6-4-11(5-7-12)14(16)15-9-8-13(10-15)20(2,17)18/h4-7,13H,3,8-10H2,1-2H3/t13-/m0/s1. The monoisotopic (exact) mass is 297 g/mol. The topological polar surface area (TPSA) is 63.7 Å². The highest BCUT2D eigenvalue weighted by Crippen LogP contribution is 2.20. The zero-order valence-corrected chi connectivity index (χ0v) is 12.5. The third-order valence-electron chi connectivity index (χ3n) is 3.45. The van der Waals surface area contributed by atoms with E-state index in [0.717, 1.165) is 5.75 Å². The predicted octanol–water partition coefficient (Wildman–Crippen LogP) is 1.34. The SMILES string of the molecule is CCOc1ccc(C(=O)N2CC[C@H](S(C)(=O)=O)C2)cc1. The van der Waals surface area contributed by atoms with Crippen LogP contribution in [-0.4, -0.2) is 50.4 Å². The van der Waals surface area contributed by atoms with Gasteiger partial charge in [-0.2, -0.15) is 0 Å².